The van der Waals surface area contributed by atoms with Crippen LogP contribution in [0.1, 0.15) is 53.7 Å². The van der Waals surface area contributed by atoms with Gasteiger partial charge in [-0.25, -0.2) is 22.5 Å². The molecule has 0 spiro atoms. The minimum Gasteiger partial charge on any atom is -0.491 e. The summed E-state index contributed by atoms with van der Waals surface area (Å²) < 4.78 is 60.4. The maximum atomic E-state index is 13.8. The van der Waals surface area contributed by atoms with Gasteiger partial charge in [-0.05, 0) is 98.4 Å². The molecule has 1 amide bonds. The third-order valence-electron chi connectivity index (χ3n) is 7.51. The van der Waals surface area contributed by atoms with Gasteiger partial charge in [-0.1, -0.05) is 18.6 Å². The van der Waals surface area contributed by atoms with E-state index in [-0.39, 0.29) is 40.8 Å². The highest BCUT2D eigenvalue weighted by molar-refractivity contribution is 6.14. The van der Waals surface area contributed by atoms with Gasteiger partial charge in [-0.3, -0.25) is 14.5 Å². The Labute approximate surface area is 247 Å². The number of halogens is 4. The molecule has 224 valence electrons. The highest BCUT2D eigenvalue weighted by atomic mass is 19.2. The van der Waals surface area contributed by atoms with Gasteiger partial charge in [-0.15, -0.1) is 0 Å². The van der Waals surface area contributed by atoms with Gasteiger partial charge in [-0.2, -0.15) is 0 Å². The van der Waals surface area contributed by atoms with Crippen molar-refractivity contribution in [3.63, 3.8) is 0 Å². The molecule has 1 N–H and O–H groups in total. The number of piperidine rings is 1. The first kappa shape index (κ1) is 30.2. The molecule has 1 aliphatic carbocycles. The molecule has 2 aliphatic rings. The third kappa shape index (κ3) is 7.95. The fourth-order valence-electron chi connectivity index (χ4n) is 5.29. The van der Waals surface area contributed by atoms with E-state index in [1.807, 2.05) is 0 Å². The molecule has 2 fully saturated rings. The zero-order valence-corrected chi connectivity index (χ0v) is 23.4. The Hall–Kier alpha value is -4.31. The number of ketones is 1. The number of hydrogen-bond donors (Lipinski definition) is 1. The van der Waals surface area contributed by atoms with E-state index < -0.39 is 41.0 Å². The third-order valence-corrected chi connectivity index (χ3v) is 7.51. The van der Waals surface area contributed by atoms with Crippen LogP contribution in [0.25, 0.3) is 12.2 Å². The van der Waals surface area contributed by atoms with Gasteiger partial charge in [0.2, 0.25) is 0 Å². The van der Waals surface area contributed by atoms with Gasteiger partial charge in [0.05, 0.1) is 6.20 Å². The zero-order chi connectivity index (χ0) is 30.3. The first-order valence-corrected chi connectivity index (χ1v) is 14.2. The van der Waals surface area contributed by atoms with Crippen LogP contribution in [-0.4, -0.2) is 53.9 Å². The van der Waals surface area contributed by atoms with Crippen molar-refractivity contribution in [1.29, 1.82) is 0 Å². The standard InChI is InChI=1S/C33H31F4N3O3/c34-27-7-4-21(16-29(27)36)14-23-18-25(19-24(32(23)41)15-22-5-8-28(35)30(37)17-22)39-33(42)31-9-6-26(20-38-31)43-13-12-40-10-2-1-3-11-40/h4-9,14-17,20,25H,1-3,10-13,18-19H2,(H,39,42)/b23-14+,24-15+. The summed E-state index contributed by atoms with van der Waals surface area (Å²) in [5, 5.41) is 2.88. The summed E-state index contributed by atoms with van der Waals surface area (Å²) in [6, 6.07) is 9.17. The van der Waals surface area contributed by atoms with Crippen LogP contribution in [0, 0.1) is 23.3 Å². The second-order valence-electron chi connectivity index (χ2n) is 10.7. The van der Waals surface area contributed by atoms with E-state index in [0.29, 0.717) is 12.4 Å². The Balaban J connectivity index is 1.30. The minimum atomic E-state index is -1.06. The number of hydrogen-bond acceptors (Lipinski definition) is 5. The molecule has 1 aliphatic heterocycles. The van der Waals surface area contributed by atoms with E-state index in [1.165, 1.54) is 49.7 Å². The SMILES string of the molecule is O=C1/C(=C/c2ccc(F)c(F)c2)CC(NC(=O)c2ccc(OCCN3CCCCC3)cn2)C/C1=C\c1ccc(F)c(F)c1. The minimum absolute atomic E-state index is 0.108. The molecule has 0 bridgehead atoms. The molecule has 10 heteroatoms. The number of Topliss-reactive ketones (excluding diaryl/α,β-unsaturated/α-hetero) is 1. The van der Waals surface area contributed by atoms with Gasteiger partial charge >= 0.3 is 0 Å². The quantitative estimate of drug-likeness (QED) is 0.251. The lowest BCUT2D eigenvalue weighted by atomic mass is 9.83. The molecule has 0 unspecified atom stereocenters. The Morgan fingerprint density at radius 3 is 2.00 bits per heavy atom. The van der Waals surface area contributed by atoms with Crippen molar-refractivity contribution < 1.29 is 31.9 Å². The highest BCUT2D eigenvalue weighted by Crippen LogP contribution is 2.29. The lowest BCUT2D eigenvalue weighted by molar-refractivity contribution is -0.113. The van der Waals surface area contributed by atoms with Crippen molar-refractivity contribution in [2.75, 3.05) is 26.2 Å². The van der Waals surface area contributed by atoms with Crippen molar-refractivity contribution in [2.45, 2.75) is 38.1 Å². The van der Waals surface area contributed by atoms with Crippen molar-refractivity contribution in [1.82, 2.24) is 15.2 Å². The lowest BCUT2D eigenvalue weighted by Gasteiger charge is -2.27. The number of pyridine rings is 1. The first-order valence-electron chi connectivity index (χ1n) is 14.2. The average molecular weight is 594 g/mol. The molecule has 0 atom stereocenters. The van der Waals surface area contributed by atoms with E-state index in [0.717, 1.165) is 43.9 Å². The van der Waals surface area contributed by atoms with E-state index in [2.05, 4.69) is 15.2 Å². The Bertz CT molecular complexity index is 1480. The maximum Gasteiger partial charge on any atom is 0.270 e. The number of amides is 1. The van der Waals surface area contributed by atoms with E-state index in [1.54, 1.807) is 12.1 Å². The second-order valence-corrected chi connectivity index (χ2v) is 10.7. The van der Waals surface area contributed by atoms with Gasteiger partial charge in [0, 0.05) is 23.7 Å². The maximum absolute atomic E-state index is 13.8. The number of nitrogens with one attached hydrogen (secondary N) is 1. The normalized spacial score (nSPS) is 19.5. The number of carbonyl (C=O) groups is 2. The molecule has 1 saturated carbocycles. The summed E-state index contributed by atoms with van der Waals surface area (Å²) >= 11 is 0. The number of rotatable bonds is 8. The molecule has 5 rings (SSSR count). The van der Waals surface area contributed by atoms with Crippen LogP contribution in [-0.2, 0) is 4.79 Å². The second kappa shape index (κ2) is 13.8. The van der Waals surface area contributed by atoms with E-state index in [4.69, 9.17) is 4.74 Å². The first-order chi connectivity index (χ1) is 20.7. The van der Waals surface area contributed by atoms with Gasteiger partial charge < -0.3 is 10.1 Å². The van der Waals surface area contributed by atoms with Crippen LogP contribution in [0.15, 0.2) is 65.9 Å². The fraction of sp³-hybridized carbons (Fsp3) is 0.303. The monoisotopic (exact) mass is 593 g/mol. The van der Waals surface area contributed by atoms with Crippen molar-refractivity contribution >= 4 is 23.8 Å². The van der Waals surface area contributed by atoms with E-state index in [9.17, 15) is 27.2 Å². The van der Waals surface area contributed by atoms with Crippen LogP contribution in [0.2, 0.25) is 0 Å². The van der Waals surface area contributed by atoms with Gasteiger partial charge in [0.1, 0.15) is 18.1 Å². The number of ether oxygens (including phenoxy) is 1. The molecule has 1 saturated heterocycles. The highest BCUT2D eigenvalue weighted by Gasteiger charge is 2.29. The molecule has 3 aromatic rings. The van der Waals surface area contributed by atoms with Crippen molar-refractivity contribution in [3.05, 3.63) is 106 Å². The number of nitrogens with zero attached hydrogens (tertiary/aromatic N) is 2. The number of carbonyl (C=O) groups excluding carboxylic acids is 2. The molecule has 2 aromatic carbocycles. The average Bonchev–Trinajstić information content (AvgIpc) is 3.00. The molecule has 6 nitrogen and oxygen atoms in total. The largest absolute Gasteiger partial charge is 0.491 e. The predicted molar refractivity (Wildman–Crippen MR) is 154 cm³/mol. The Morgan fingerprint density at radius 1 is 0.860 bits per heavy atom. The zero-order valence-electron chi connectivity index (χ0n) is 23.4. The molecule has 1 aromatic heterocycles. The van der Waals surface area contributed by atoms with Gasteiger partial charge in [0.25, 0.3) is 5.91 Å². The van der Waals surface area contributed by atoms with Crippen LogP contribution in [0.3, 0.4) is 0 Å². The lowest BCUT2D eigenvalue weighted by Crippen LogP contribution is -2.39. The molecule has 43 heavy (non-hydrogen) atoms. The van der Waals surface area contributed by atoms with Crippen molar-refractivity contribution in [2.24, 2.45) is 0 Å². The summed E-state index contributed by atoms with van der Waals surface area (Å²) in [6.07, 6.45) is 8.22. The Morgan fingerprint density at radius 2 is 1.47 bits per heavy atom. The number of benzene rings is 2. The summed E-state index contributed by atoms with van der Waals surface area (Å²) in [5.41, 5.74) is 1.15. The summed E-state index contributed by atoms with van der Waals surface area (Å²) in [4.78, 5) is 33.0. The van der Waals surface area contributed by atoms with Crippen LogP contribution in [0.4, 0.5) is 17.6 Å². The Kier molecular flexibility index (Phi) is 9.66. The topological polar surface area (TPSA) is 71.5 Å². The van der Waals surface area contributed by atoms with Crippen LogP contribution < -0.4 is 10.1 Å². The number of likely N-dealkylation sites (tertiary alicyclic amines) is 1. The van der Waals surface area contributed by atoms with Gasteiger partial charge in [0.15, 0.2) is 29.1 Å². The molecule has 0 radical (unpaired) electrons. The van der Waals surface area contributed by atoms with Crippen LogP contribution in [0.5, 0.6) is 5.75 Å². The molecule has 2 heterocycles. The summed E-state index contributed by atoms with van der Waals surface area (Å²) in [5.74, 6) is -4.50. The summed E-state index contributed by atoms with van der Waals surface area (Å²) in [6.45, 7) is 3.48. The van der Waals surface area contributed by atoms with Crippen LogP contribution >= 0.6 is 0 Å². The molecular formula is C33H31F4N3O3. The van der Waals surface area contributed by atoms with Crippen molar-refractivity contribution in [3.8, 4) is 5.75 Å². The smallest absolute Gasteiger partial charge is 0.270 e. The fourth-order valence-corrected chi connectivity index (χ4v) is 5.29. The number of aromatic nitrogens is 1. The summed E-state index contributed by atoms with van der Waals surface area (Å²) in [7, 11) is 0. The molecular weight excluding hydrogens is 562 g/mol. The predicted octanol–water partition coefficient (Wildman–Crippen LogP) is 6.13. The van der Waals surface area contributed by atoms with E-state index >= 15 is 0 Å².